The Labute approximate surface area is 91.1 Å². The molecular weight excluding hydrogens is 186 g/mol. The molecule has 0 radical (unpaired) electrons. The van der Waals surface area contributed by atoms with Gasteiger partial charge in [-0.3, -0.25) is 0 Å². The van der Waals surface area contributed by atoms with Crippen molar-refractivity contribution in [3.8, 4) is 0 Å². The van der Waals surface area contributed by atoms with Gasteiger partial charge in [-0.15, -0.1) is 0 Å². The molecule has 1 aromatic rings. The van der Waals surface area contributed by atoms with Crippen molar-refractivity contribution in [1.29, 1.82) is 0 Å². The highest BCUT2D eigenvalue weighted by molar-refractivity contribution is 5.27. The van der Waals surface area contributed by atoms with Gasteiger partial charge in [0.2, 0.25) is 0 Å². The third kappa shape index (κ3) is 2.34. The Kier molecular flexibility index (Phi) is 3.31. The van der Waals surface area contributed by atoms with Gasteiger partial charge in [-0.05, 0) is 51.1 Å². The Balaban J connectivity index is 2.24. The first-order valence-corrected chi connectivity index (χ1v) is 5.86. The van der Waals surface area contributed by atoms with Crippen LogP contribution in [-0.4, -0.2) is 16.5 Å². The van der Waals surface area contributed by atoms with Crippen molar-refractivity contribution < 1.29 is 0 Å². The zero-order valence-corrected chi connectivity index (χ0v) is 9.42. The van der Waals surface area contributed by atoms with Gasteiger partial charge in [-0.2, -0.15) is 0 Å². The van der Waals surface area contributed by atoms with E-state index in [1.54, 1.807) is 0 Å². The molecule has 15 heavy (non-hydrogen) atoms. The average Bonchev–Trinajstić information content (AvgIpc) is 2.26. The fourth-order valence-electron chi connectivity index (χ4n) is 2.22. The topological polar surface area (TPSA) is 51.8 Å². The van der Waals surface area contributed by atoms with Gasteiger partial charge < -0.3 is 5.73 Å². The summed E-state index contributed by atoms with van der Waals surface area (Å²) in [7, 11) is 0. The molecule has 0 aromatic carbocycles. The van der Waals surface area contributed by atoms with Gasteiger partial charge >= 0.3 is 0 Å². The number of aryl methyl sites for hydroxylation is 3. The Morgan fingerprint density at radius 2 is 2.00 bits per heavy atom. The van der Waals surface area contributed by atoms with Crippen molar-refractivity contribution in [2.24, 2.45) is 5.73 Å². The molecule has 82 valence electrons. The van der Waals surface area contributed by atoms with Crippen LogP contribution >= 0.6 is 0 Å². The maximum atomic E-state index is 5.50. The van der Waals surface area contributed by atoms with Crippen LogP contribution in [0, 0.1) is 6.92 Å². The average molecular weight is 205 g/mol. The fourth-order valence-corrected chi connectivity index (χ4v) is 2.22. The van der Waals surface area contributed by atoms with Crippen molar-refractivity contribution >= 4 is 0 Å². The van der Waals surface area contributed by atoms with E-state index in [0.717, 1.165) is 31.6 Å². The number of nitrogens with two attached hydrogens (primary N) is 1. The Hall–Kier alpha value is -0.960. The number of aromatic nitrogens is 2. The van der Waals surface area contributed by atoms with E-state index in [9.17, 15) is 0 Å². The van der Waals surface area contributed by atoms with Gasteiger partial charge in [0.05, 0.1) is 0 Å². The van der Waals surface area contributed by atoms with Gasteiger partial charge in [0.25, 0.3) is 0 Å². The first-order valence-electron chi connectivity index (χ1n) is 5.86. The fraction of sp³-hybridized carbons (Fsp3) is 0.667. The zero-order chi connectivity index (χ0) is 10.7. The Morgan fingerprint density at radius 3 is 2.80 bits per heavy atom. The van der Waals surface area contributed by atoms with E-state index < -0.39 is 0 Å². The standard InChI is InChI=1S/C12H19N3/c1-9-10-5-2-3-6-11(10)15-12(14-9)7-4-8-13/h2-8,13H2,1H3. The van der Waals surface area contributed by atoms with Crippen LogP contribution in [0.25, 0.3) is 0 Å². The van der Waals surface area contributed by atoms with Crippen LogP contribution in [0.1, 0.15) is 42.0 Å². The van der Waals surface area contributed by atoms with Crippen LogP contribution in [0.4, 0.5) is 0 Å². The van der Waals surface area contributed by atoms with Gasteiger partial charge in [0.1, 0.15) is 5.82 Å². The first kappa shape index (κ1) is 10.6. The highest BCUT2D eigenvalue weighted by atomic mass is 14.9. The van der Waals surface area contributed by atoms with Gasteiger partial charge in [0.15, 0.2) is 0 Å². The summed E-state index contributed by atoms with van der Waals surface area (Å²) in [5.74, 6) is 0.985. The summed E-state index contributed by atoms with van der Waals surface area (Å²) in [6, 6.07) is 0. The van der Waals surface area contributed by atoms with Crippen molar-refractivity contribution in [3.63, 3.8) is 0 Å². The highest BCUT2D eigenvalue weighted by Gasteiger charge is 2.14. The normalized spacial score (nSPS) is 15.1. The molecule has 1 aliphatic carbocycles. The summed E-state index contributed by atoms with van der Waals surface area (Å²) in [4.78, 5) is 9.20. The molecule has 1 heterocycles. The lowest BCUT2D eigenvalue weighted by molar-refractivity contribution is 0.642. The largest absolute Gasteiger partial charge is 0.330 e. The predicted octanol–water partition coefficient (Wildman–Crippen LogP) is 1.56. The molecule has 2 N–H and O–H groups in total. The second kappa shape index (κ2) is 4.71. The lowest BCUT2D eigenvalue weighted by Gasteiger charge is -2.17. The monoisotopic (exact) mass is 205 g/mol. The third-order valence-electron chi connectivity index (χ3n) is 3.04. The summed E-state index contributed by atoms with van der Waals surface area (Å²) in [6.07, 6.45) is 6.77. The highest BCUT2D eigenvalue weighted by Crippen LogP contribution is 2.21. The van der Waals surface area contributed by atoms with E-state index in [1.165, 1.54) is 36.2 Å². The maximum absolute atomic E-state index is 5.50. The van der Waals surface area contributed by atoms with E-state index in [2.05, 4.69) is 16.9 Å². The zero-order valence-electron chi connectivity index (χ0n) is 9.42. The van der Waals surface area contributed by atoms with Crippen molar-refractivity contribution in [2.45, 2.75) is 45.4 Å². The maximum Gasteiger partial charge on any atom is 0.128 e. The molecule has 0 spiro atoms. The van der Waals surface area contributed by atoms with E-state index in [-0.39, 0.29) is 0 Å². The predicted molar refractivity (Wildman–Crippen MR) is 60.8 cm³/mol. The molecule has 1 aliphatic rings. The molecule has 0 atom stereocenters. The van der Waals surface area contributed by atoms with Gasteiger partial charge in [-0.1, -0.05) is 0 Å². The number of hydrogen-bond donors (Lipinski definition) is 1. The summed E-state index contributed by atoms with van der Waals surface area (Å²) in [5.41, 5.74) is 9.38. The van der Waals surface area contributed by atoms with Crippen molar-refractivity contribution in [3.05, 3.63) is 22.8 Å². The Bertz CT molecular complexity index is 347. The second-order valence-electron chi connectivity index (χ2n) is 4.25. The smallest absolute Gasteiger partial charge is 0.128 e. The van der Waals surface area contributed by atoms with E-state index in [4.69, 9.17) is 5.73 Å². The van der Waals surface area contributed by atoms with Crippen molar-refractivity contribution in [2.75, 3.05) is 6.54 Å². The van der Waals surface area contributed by atoms with E-state index in [0.29, 0.717) is 0 Å². The molecule has 0 fully saturated rings. The minimum atomic E-state index is 0.722. The summed E-state index contributed by atoms with van der Waals surface area (Å²) >= 11 is 0. The quantitative estimate of drug-likeness (QED) is 0.814. The van der Waals surface area contributed by atoms with Crippen LogP contribution < -0.4 is 5.73 Å². The number of rotatable bonds is 3. The first-order chi connectivity index (χ1) is 7.31. The van der Waals surface area contributed by atoms with Crippen LogP contribution in [0.15, 0.2) is 0 Å². The van der Waals surface area contributed by atoms with Crippen LogP contribution in [-0.2, 0) is 19.3 Å². The lowest BCUT2D eigenvalue weighted by atomic mass is 9.95. The van der Waals surface area contributed by atoms with Crippen LogP contribution in [0.3, 0.4) is 0 Å². The minimum absolute atomic E-state index is 0.722. The molecule has 0 aliphatic heterocycles. The molecule has 1 aromatic heterocycles. The second-order valence-corrected chi connectivity index (χ2v) is 4.25. The van der Waals surface area contributed by atoms with Crippen LogP contribution in [0.2, 0.25) is 0 Å². The molecule has 0 amide bonds. The number of hydrogen-bond acceptors (Lipinski definition) is 3. The number of fused-ring (bicyclic) bond motifs is 1. The minimum Gasteiger partial charge on any atom is -0.330 e. The van der Waals surface area contributed by atoms with Crippen LogP contribution in [0.5, 0.6) is 0 Å². The molecular formula is C12H19N3. The molecule has 0 bridgehead atoms. The molecule has 2 rings (SSSR count). The Morgan fingerprint density at radius 1 is 1.20 bits per heavy atom. The van der Waals surface area contributed by atoms with Crippen molar-refractivity contribution in [1.82, 2.24) is 9.97 Å². The summed E-state index contributed by atoms with van der Waals surface area (Å²) < 4.78 is 0. The van der Waals surface area contributed by atoms with E-state index >= 15 is 0 Å². The molecule has 0 unspecified atom stereocenters. The molecule has 3 nitrogen and oxygen atoms in total. The molecule has 0 saturated heterocycles. The number of nitrogens with zero attached hydrogens (tertiary/aromatic N) is 2. The summed E-state index contributed by atoms with van der Waals surface area (Å²) in [6.45, 7) is 2.83. The van der Waals surface area contributed by atoms with Gasteiger partial charge in [-0.25, -0.2) is 9.97 Å². The molecule has 3 heteroatoms. The SMILES string of the molecule is Cc1nc(CCCN)nc2c1CCCC2. The summed E-state index contributed by atoms with van der Waals surface area (Å²) in [5, 5.41) is 0. The van der Waals surface area contributed by atoms with Gasteiger partial charge in [0, 0.05) is 17.8 Å². The third-order valence-corrected chi connectivity index (χ3v) is 3.04. The van der Waals surface area contributed by atoms with E-state index in [1.807, 2.05) is 0 Å². The lowest BCUT2D eigenvalue weighted by Crippen LogP contribution is -2.13. The molecule has 0 saturated carbocycles.